The predicted molar refractivity (Wildman–Crippen MR) is 73.2 cm³/mol. The highest BCUT2D eigenvalue weighted by Crippen LogP contribution is 2.25. The number of aliphatic hydroxyl groups is 1. The lowest BCUT2D eigenvalue weighted by atomic mass is 9.83. The zero-order chi connectivity index (χ0) is 12.9. The molecule has 0 aromatic heterocycles. The Morgan fingerprint density at radius 3 is 2.76 bits per heavy atom. The fourth-order valence-electron chi connectivity index (χ4n) is 2.74. The predicted octanol–water partition coefficient (Wildman–Crippen LogP) is 1.71. The zero-order valence-electron chi connectivity index (χ0n) is 12.0. The molecule has 3 nitrogen and oxygen atoms in total. The standard InChI is InChI=1S/C14H30N2O/c1-5-15-12(2)14(3,4)11-16-8-6-7-13(9-16)10-17/h12-13,15,17H,5-11H2,1-4H3. The van der Waals surface area contributed by atoms with Crippen LogP contribution in [0.1, 0.15) is 40.5 Å². The normalized spacial score (nSPS) is 24.9. The van der Waals surface area contributed by atoms with Crippen LogP contribution in [0.4, 0.5) is 0 Å². The van der Waals surface area contributed by atoms with Crippen LogP contribution in [0.25, 0.3) is 0 Å². The number of hydrogen-bond acceptors (Lipinski definition) is 3. The van der Waals surface area contributed by atoms with Gasteiger partial charge in [-0.3, -0.25) is 0 Å². The van der Waals surface area contributed by atoms with E-state index in [1.165, 1.54) is 19.4 Å². The Labute approximate surface area is 107 Å². The minimum Gasteiger partial charge on any atom is -0.396 e. The third-order valence-electron chi connectivity index (χ3n) is 4.17. The van der Waals surface area contributed by atoms with Crippen molar-refractivity contribution in [2.45, 2.75) is 46.6 Å². The second-order valence-corrected chi connectivity index (χ2v) is 6.19. The molecule has 2 atom stereocenters. The highest BCUT2D eigenvalue weighted by molar-refractivity contribution is 4.85. The SMILES string of the molecule is CCNC(C)C(C)(C)CN1CCCC(CO)C1. The van der Waals surface area contributed by atoms with Crippen molar-refractivity contribution in [3.8, 4) is 0 Å². The molecule has 0 bridgehead atoms. The summed E-state index contributed by atoms with van der Waals surface area (Å²) >= 11 is 0. The molecule has 3 heteroatoms. The van der Waals surface area contributed by atoms with Gasteiger partial charge in [0.15, 0.2) is 0 Å². The van der Waals surface area contributed by atoms with E-state index in [-0.39, 0.29) is 5.41 Å². The molecule has 1 rings (SSSR count). The van der Waals surface area contributed by atoms with Gasteiger partial charge in [0.25, 0.3) is 0 Å². The molecule has 2 N–H and O–H groups in total. The molecule has 0 saturated carbocycles. The summed E-state index contributed by atoms with van der Waals surface area (Å²) < 4.78 is 0. The highest BCUT2D eigenvalue weighted by atomic mass is 16.3. The fraction of sp³-hybridized carbons (Fsp3) is 1.00. The monoisotopic (exact) mass is 242 g/mol. The third kappa shape index (κ3) is 4.57. The van der Waals surface area contributed by atoms with Crippen molar-refractivity contribution in [1.82, 2.24) is 10.2 Å². The molecule has 2 unspecified atom stereocenters. The molecule has 1 heterocycles. The first-order chi connectivity index (χ1) is 7.99. The van der Waals surface area contributed by atoms with Gasteiger partial charge >= 0.3 is 0 Å². The summed E-state index contributed by atoms with van der Waals surface area (Å²) in [6.45, 7) is 13.9. The van der Waals surface area contributed by atoms with Crippen molar-refractivity contribution in [1.29, 1.82) is 0 Å². The van der Waals surface area contributed by atoms with E-state index in [0.717, 1.165) is 19.6 Å². The van der Waals surface area contributed by atoms with Crippen LogP contribution in [-0.4, -0.2) is 48.8 Å². The largest absolute Gasteiger partial charge is 0.396 e. The molecule has 0 amide bonds. The molecule has 1 aliphatic rings. The summed E-state index contributed by atoms with van der Waals surface area (Å²) in [6, 6.07) is 0.530. The van der Waals surface area contributed by atoms with Gasteiger partial charge in [0.1, 0.15) is 0 Å². The first kappa shape index (κ1) is 14.9. The van der Waals surface area contributed by atoms with E-state index in [0.29, 0.717) is 18.6 Å². The van der Waals surface area contributed by atoms with E-state index in [9.17, 15) is 5.11 Å². The van der Waals surface area contributed by atoms with Gasteiger partial charge in [-0.25, -0.2) is 0 Å². The molecule has 1 saturated heterocycles. The summed E-state index contributed by atoms with van der Waals surface area (Å²) in [5.41, 5.74) is 0.285. The van der Waals surface area contributed by atoms with Gasteiger partial charge in [-0.1, -0.05) is 20.8 Å². The van der Waals surface area contributed by atoms with Crippen LogP contribution in [-0.2, 0) is 0 Å². The van der Waals surface area contributed by atoms with Crippen LogP contribution in [0.5, 0.6) is 0 Å². The topological polar surface area (TPSA) is 35.5 Å². The van der Waals surface area contributed by atoms with Crippen LogP contribution in [0.2, 0.25) is 0 Å². The first-order valence-electron chi connectivity index (χ1n) is 7.06. The minimum atomic E-state index is 0.285. The average Bonchev–Trinajstić information content (AvgIpc) is 2.29. The van der Waals surface area contributed by atoms with E-state index >= 15 is 0 Å². The molecular formula is C14H30N2O. The van der Waals surface area contributed by atoms with Crippen molar-refractivity contribution in [2.75, 3.05) is 32.8 Å². The smallest absolute Gasteiger partial charge is 0.0471 e. The number of nitrogens with one attached hydrogen (secondary N) is 1. The summed E-state index contributed by atoms with van der Waals surface area (Å²) in [5.74, 6) is 0.494. The fourth-order valence-corrected chi connectivity index (χ4v) is 2.74. The van der Waals surface area contributed by atoms with E-state index < -0.39 is 0 Å². The Balaban J connectivity index is 2.45. The van der Waals surface area contributed by atoms with Gasteiger partial charge in [0.2, 0.25) is 0 Å². The average molecular weight is 242 g/mol. The second-order valence-electron chi connectivity index (χ2n) is 6.19. The summed E-state index contributed by atoms with van der Waals surface area (Å²) in [4.78, 5) is 2.53. The van der Waals surface area contributed by atoms with Gasteiger partial charge in [-0.15, -0.1) is 0 Å². The van der Waals surface area contributed by atoms with Crippen LogP contribution < -0.4 is 5.32 Å². The third-order valence-corrected chi connectivity index (χ3v) is 4.17. The number of hydrogen-bond donors (Lipinski definition) is 2. The van der Waals surface area contributed by atoms with Crippen molar-refractivity contribution >= 4 is 0 Å². The van der Waals surface area contributed by atoms with Crippen molar-refractivity contribution in [2.24, 2.45) is 11.3 Å². The Morgan fingerprint density at radius 2 is 2.18 bits per heavy atom. The Morgan fingerprint density at radius 1 is 1.47 bits per heavy atom. The Kier molecular flexibility index (Phi) is 5.90. The van der Waals surface area contributed by atoms with Crippen LogP contribution in [0, 0.1) is 11.3 Å². The Hall–Kier alpha value is -0.120. The van der Waals surface area contributed by atoms with Crippen molar-refractivity contribution in [3.63, 3.8) is 0 Å². The molecule has 1 aliphatic heterocycles. The van der Waals surface area contributed by atoms with E-state index in [1.54, 1.807) is 0 Å². The number of nitrogens with zero attached hydrogens (tertiary/aromatic N) is 1. The number of rotatable bonds is 6. The van der Waals surface area contributed by atoms with Gasteiger partial charge < -0.3 is 15.3 Å². The molecular weight excluding hydrogens is 212 g/mol. The maximum Gasteiger partial charge on any atom is 0.0471 e. The quantitative estimate of drug-likeness (QED) is 0.744. The van der Waals surface area contributed by atoms with Crippen molar-refractivity contribution < 1.29 is 5.11 Å². The molecule has 0 aromatic carbocycles. The maximum atomic E-state index is 9.26. The lowest BCUT2D eigenvalue weighted by Crippen LogP contribution is -2.49. The van der Waals surface area contributed by atoms with Crippen LogP contribution >= 0.6 is 0 Å². The number of piperidine rings is 1. The Bertz CT molecular complexity index is 218. The molecule has 17 heavy (non-hydrogen) atoms. The highest BCUT2D eigenvalue weighted by Gasteiger charge is 2.30. The van der Waals surface area contributed by atoms with Crippen LogP contribution in [0.3, 0.4) is 0 Å². The lowest BCUT2D eigenvalue weighted by molar-refractivity contribution is 0.0773. The van der Waals surface area contributed by atoms with Gasteiger partial charge in [0, 0.05) is 25.7 Å². The maximum absolute atomic E-state index is 9.26. The minimum absolute atomic E-state index is 0.285. The van der Waals surface area contributed by atoms with Crippen molar-refractivity contribution in [3.05, 3.63) is 0 Å². The second kappa shape index (κ2) is 6.72. The van der Waals surface area contributed by atoms with Gasteiger partial charge in [-0.05, 0) is 44.2 Å². The first-order valence-corrected chi connectivity index (χ1v) is 7.06. The number of aliphatic hydroxyl groups excluding tert-OH is 1. The van der Waals surface area contributed by atoms with E-state index in [1.807, 2.05) is 0 Å². The molecule has 0 aliphatic carbocycles. The lowest BCUT2D eigenvalue weighted by Gasteiger charge is -2.40. The molecule has 1 fully saturated rings. The molecule has 102 valence electrons. The van der Waals surface area contributed by atoms with Gasteiger partial charge in [-0.2, -0.15) is 0 Å². The zero-order valence-corrected chi connectivity index (χ0v) is 12.0. The number of likely N-dealkylation sites (tertiary alicyclic amines) is 1. The van der Waals surface area contributed by atoms with Gasteiger partial charge in [0.05, 0.1) is 0 Å². The summed E-state index contributed by atoms with van der Waals surface area (Å²) in [6.07, 6.45) is 2.42. The summed E-state index contributed by atoms with van der Waals surface area (Å²) in [5, 5.41) is 12.8. The van der Waals surface area contributed by atoms with E-state index in [4.69, 9.17) is 0 Å². The molecule has 0 spiro atoms. The molecule has 0 aromatic rings. The van der Waals surface area contributed by atoms with E-state index in [2.05, 4.69) is 37.9 Å². The molecule has 0 radical (unpaired) electrons. The summed E-state index contributed by atoms with van der Waals surface area (Å²) in [7, 11) is 0. The van der Waals surface area contributed by atoms with Crippen LogP contribution in [0.15, 0.2) is 0 Å².